The van der Waals surface area contributed by atoms with Crippen LogP contribution < -0.4 is 5.32 Å². The van der Waals surface area contributed by atoms with Crippen molar-refractivity contribution in [3.8, 4) is 0 Å². The minimum atomic E-state index is 0.621. The summed E-state index contributed by atoms with van der Waals surface area (Å²) in [5.74, 6) is 1.32. The highest BCUT2D eigenvalue weighted by atomic mass is 35.5. The Labute approximate surface area is 116 Å². The van der Waals surface area contributed by atoms with E-state index in [2.05, 4.69) is 31.2 Å². The highest BCUT2D eigenvalue weighted by Crippen LogP contribution is 2.23. The first kappa shape index (κ1) is 15.5. The molecule has 0 aromatic carbocycles. The number of halogens is 1. The van der Waals surface area contributed by atoms with Gasteiger partial charge < -0.3 is 5.32 Å². The molecule has 0 radical (unpaired) electrons. The Balaban J connectivity index is 2.57. The van der Waals surface area contributed by atoms with E-state index < -0.39 is 0 Å². The van der Waals surface area contributed by atoms with Crippen molar-refractivity contribution in [3.63, 3.8) is 0 Å². The molecule has 4 heteroatoms. The summed E-state index contributed by atoms with van der Waals surface area (Å²) in [7, 11) is 1.97. The molecule has 0 amide bonds. The zero-order valence-corrected chi connectivity index (χ0v) is 13.0. The van der Waals surface area contributed by atoms with Gasteiger partial charge in [0.25, 0.3) is 0 Å². The number of hydrogen-bond donors (Lipinski definition) is 1. The van der Waals surface area contributed by atoms with E-state index in [0.29, 0.717) is 11.8 Å². The summed E-state index contributed by atoms with van der Waals surface area (Å²) in [6.45, 7) is 10.8. The monoisotopic (exact) mass is 271 g/mol. The van der Waals surface area contributed by atoms with Crippen molar-refractivity contribution in [2.45, 2.75) is 40.5 Å². The highest BCUT2D eigenvalue weighted by molar-refractivity contribution is 6.31. The molecule has 0 fully saturated rings. The normalized spacial score (nSPS) is 13.3. The minimum absolute atomic E-state index is 0.621. The van der Waals surface area contributed by atoms with Gasteiger partial charge in [-0.05, 0) is 38.3 Å². The van der Waals surface area contributed by atoms with Gasteiger partial charge in [-0.3, -0.25) is 4.68 Å². The maximum atomic E-state index is 6.30. The Morgan fingerprint density at radius 2 is 2.00 bits per heavy atom. The van der Waals surface area contributed by atoms with E-state index in [1.165, 1.54) is 0 Å². The van der Waals surface area contributed by atoms with Crippen LogP contribution in [-0.2, 0) is 13.5 Å². The van der Waals surface area contributed by atoms with E-state index in [1.54, 1.807) is 0 Å². The SMILES string of the molecule is CCC(CNCC(C)C)Cc1c(Cl)c(C)nn1C. The molecular weight excluding hydrogens is 246 g/mol. The lowest BCUT2D eigenvalue weighted by Crippen LogP contribution is -2.27. The quantitative estimate of drug-likeness (QED) is 0.825. The number of rotatable bonds is 7. The Morgan fingerprint density at radius 1 is 1.33 bits per heavy atom. The molecule has 1 heterocycles. The second kappa shape index (κ2) is 7.15. The molecule has 0 saturated carbocycles. The standard InChI is InChI=1S/C14H26ClN3/c1-6-12(9-16-8-10(2)3)7-13-14(15)11(4)17-18(13)5/h10,12,16H,6-9H2,1-5H3. The second-order valence-corrected chi connectivity index (χ2v) is 5.88. The largest absolute Gasteiger partial charge is 0.316 e. The summed E-state index contributed by atoms with van der Waals surface area (Å²) >= 11 is 6.30. The van der Waals surface area contributed by atoms with E-state index in [1.807, 2.05) is 18.7 Å². The van der Waals surface area contributed by atoms with Crippen LogP contribution in [0.25, 0.3) is 0 Å². The molecule has 3 nitrogen and oxygen atoms in total. The molecule has 0 spiro atoms. The molecule has 0 aliphatic rings. The van der Waals surface area contributed by atoms with Gasteiger partial charge in [0.05, 0.1) is 16.4 Å². The van der Waals surface area contributed by atoms with Crippen molar-refractivity contribution in [3.05, 3.63) is 16.4 Å². The Kier molecular flexibility index (Phi) is 6.16. The summed E-state index contributed by atoms with van der Waals surface area (Å²) < 4.78 is 1.92. The molecule has 1 N–H and O–H groups in total. The predicted octanol–water partition coefficient (Wildman–Crippen LogP) is 3.20. The minimum Gasteiger partial charge on any atom is -0.316 e. The van der Waals surface area contributed by atoms with Crippen molar-refractivity contribution >= 4 is 11.6 Å². The van der Waals surface area contributed by atoms with Crippen LogP contribution in [0.3, 0.4) is 0 Å². The first-order chi connectivity index (χ1) is 8.45. The van der Waals surface area contributed by atoms with Crippen molar-refractivity contribution < 1.29 is 0 Å². The molecule has 1 aromatic rings. The van der Waals surface area contributed by atoms with Crippen LogP contribution in [0, 0.1) is 18.8 Å². The van der Waals surface area contributed by atoms with Gasteiger partial charge in [0.1, 0.15) is 0 Å². The predicted molar refractivity (Wildman–Crippen MR) is 78.1 cm³/mol. The molecule has 1 unspecified atom stereocenters. The smallest absolute Gasteiger partial charge is 0.0847 e. The van der Waals surface area contributed by atoms with Crippen LogP contribution in [-0.4, -0.2) is 22.9 Å². The van der Waals surface area contributed by atoms with E-state index in [-0.39, 0.29) is 0 Å². The van der Waals surface area contributed by atoms with Crippen LogP contribution in [0.4, 0.5) is 0 Å². The molecule has 104 valence electrons. The van der Waals surface area contributed by atoms with E-state index in [9.17, 15) is 0 Å². The zero-order chi connectivity index (χ0) is 13.7. The third-order valence-electron chi connectivity index (χ3n) is 3.31. The number of nitrogens with one attached hydrogen (secondary N) is 1. The average molecular weight is 272 g/mol. The first-order valence-corrected chi connectivity index (χ1v) is 7.22. The lowest BCUT2D eigenvalue weighted by molar-refractivity contribution is 0.429. The molecule has 0 aliphatic heterocycles. The van der Waals surface area contributed by atoms with Gasteiger partial charge in [0, 0.05) is 7.05 Å². The molecule has 0 aliphatic carbocycles. The molecule has 0 saturated heterocycles. The molecule has 0 bridgehead atoms. The topological polar surface area (TPSA) is 29.9 Å². The van der Waals surface area contributed by atoms with Crippen molar-refractivity contribution in [2.24, 2.45) is 18.9 Å². The Morgan fingerprint density at radius 3 is 2.44 bits per heavy atom. The van der Waals surface area contributed by atoms with Crippen molar-refractivity contribution in [2.75, 3.05) is 13.1 Å². The Bertz CT molecular complexity index is 371. The van der Waals surface area contributed by atoms with Gasteiger partial charge in [0.15, 0.2) is 0 Å². The third kappa shape index (κ3) is 4.29. The summed E-state index contributed by atoms with van der Waals surface area (Å²) in [6, 6.07) is 0. The van der Waals surface area contributed by atoms with E-state index in [4.69, 9.17) is 11.6 Å². The maximum absolute atomic E-state index is 6.30. The van der Waals surface area contributed by atoms with Crippen LogP contribution >= 0.6 is 11.6 Å². The fraction of sp³-hybridized carbons (Fsp3) is 0.786. The van der Waals surface area contributed by atoms with Gasteiger partial charge in [-0.1, -0.05) is 38.8 Å². The number of aromatic nitrogens is 2. The fourth-order valence-electron chi connectivity index (χ4n) is 2.11. The molecule has 18 heavy (non-hydrogen) atoms. The Hall–Kier alpha value is -0.540. The maximum Gasteiger partial charge on any atom is 0.0847 e. The van der Waals surface area contributed by atoms with Crippen molar-refractivity contribution in [1.82, 2.24) is 15.1 Å². The highest BCUT2D eigenvalue weighted by Gasteiger charge is 2.15. The van der Waals surface area contributed by atoms with Gasteiger partial charge in [0.2, 0.25) is 0 Å². The average Bonchev–Trinajstić information content (AvgIpc) is 2.53. The van der Waals surface area contributed by atoms with E-state index in [0.717, 1.165) is 42.3 Å². The second-order valence-electron chi connectivity index (χ2n) is 5.50. The van der Waals surface area contributed by atoms with Gasteiger partial charge in [-0.2, -0.15) is 5.10 Å². The van der Waals surface area contributed by atoms with Crippen LogP contribution in [0.5, 0.6) is 0 Å². The molecule has 1 rings (SSSR count). The number of hydrogen-bond acceptors (Lipinski definition) is 2. The van der Waals surface area contributed by atoms with Crippen LogP contribution in [0.1, 0.15) is 38.6 Å². The third-order valence-corrected chi connectivity index (χ3v) is 3.80. The molecular formula is C14H26ClN3. The lowest BCUT2D eigenvalue weighted by Gasteiger charge is -2.17. The zero-order valence-electron chi connectivity index (χ0n) is 12.3. The van der Waals surface area contributed by atoms with E-state index >= 15 is 0 Å². The van der Waals surface area contributed by atoms with Crippen molar-refractivity contribution in [1.29, 1.82) is 0 Å². The van der Waals surface area contributed by atoms with Crippen LogP contribution in [0.2, 0.25) is 5.02 Å². The van der Waals surface area contributed by atoms with Gasteiger partial charge >= 0.3 is 0 Å². The molecule has 1 atom stereocenters. The van der Waals surface area contributed by atoms with Crippen LogP contribution in [0.15, 0.2) is 0 Å². The summed E-state index contributed by atoms with van der Waals surface area (Å²) in [4.78, 5) is 0. The fourth-order valence-corrected chi connectivity index (χ4v) is 2.35. The number of nitrogens with zero attached hydrogens (tertiary/aromatic N) is 2. The van der Waals surface area contributed by atoms with Gasteiger partial charge in [-0.25, -0.2) is 0 Å². The first-order valence-electron chi connectivity index (χ1n) is 6.84. The summed E-state index contributed by atoms with van der Waals surface area (Å²) in [5, 5.41) is 8.73. The van der Waals surface area contributed by atoms with Gasteiger partial charge in [-0.15, -0.1) is 0 Å². The summed E-state index contributed by atoms with van der Waals surface area (Å²) in [5.41, 5.74) is 2.09. The number of aryl methyl sites for hydroxylation is 2. The summed E-state index contributed by atoms with van der Waals surface area (Å²) in [6.07, 6.45) is 2.16. The molecule has 1 aromatic heterocycles. The lowest BCUT2D eigenvalue weighted by atomic mass is 9.99.